The van der Waals surface area contributed by atoms with Crippen LogP contribution in [-0.4, -0.2) is 64.9 Å². The molecule has 0 saturated carbocycles. The van der Waals surface area contributed by atoms with Gasteiger partial charge in [0.15, 0.2) is 0 Å². The maximum absolute atomic E-state index is 14.9. The number of hydrogen-bond donors (Lipinski definition) is 3. The molecule has 14 heteroatoms. The van der Waals surface area contributed by atoms with Gasteiger partial charge < -0.3 is 19.9 Å². The van der Waals surface area contributed by atoms with Gasteiger partial charge in [-0.2, -0.15) is 0 Å². The number of sulfonamides is 2. The maximum atomic E-state index is 14.9. The van der Waals surface area contributed by atoms with Gasteiger partial charge in [-0.05, 0) is 71.8 Å². The molecule has 48 heavy (non-hydrogen) atoms. The SMILES string of the molecule is CC(C)c1c(S(=O)(=O)N(Cc2ccccc2)S(C)(=O)=O)c(-c2ccc(F)cc2)c(-c2ccc(F)cc2)n1CCC(O)CC(O)CC(=O)O. The molecule has 4 aromatic rings. The van der Waals surface area contributed by atoms with Crippen LogP contribution in [0.4, 0.5) is 8.78 Å². The lowest BCUT2D eigenvalue weighted by atomic mass is 10.00. The Hall–Kier alpha value is -3.95. The second-order valence-corrected chi connectivity index (χ2v) is 15.8. The first-order valence-corrected chi connectivity index (χ1v) is 18.4. The van der Waals surface area contributed by atoms with Crippen molar-refractivity contribution in [2.75, 3.05) is 6.26 Å². The average molecular weight is 705 g/mol. The number of halogens is 2. The van der Waals surface area contributed by atoms with Crippen LogP contribution in [0.25, 0.3) is 22.4 Å². The Morgan fingerprint density at radius 1 is 0.833 bits per heavy atom. The first-order chi connectivity index (χ1) is 22.5. The van der Waals surface area contributed by atoms with Gasteiger partial charge in [-0.25, -0.2) is 25.6 Å². The van der Waals surface area contributed by atoms with E-state index in [-0.39, 0.29) is 46.8 Å². The second-order valence-electron chi connectivity index (χ2n) is 11.9. The molecule has 0 fully saturated rings. The number of carboxylic acid groups (broad SMARTS) is 1. The molecule has 0 aliphatic carbocycles. The summed E-state index contributed by atoms with van der Waals surface area (Å²) in [6.07, 6.45) is -2.68. The van der Waals surface area contributed by atoms with Crippen molar-refractivity contribution in [2.24, 2.45) is 0 Å². The zero-order valence-electron chi connectivity index (χ0n) is 26.6. The summed E-state index contributed by atoms with van der Waals surface area (Å²) in [5.74, 6) is -2.98. The molecule has 0 saturated heterocycles. The lowest BCUT2D eigenvalue weighted by Crippen LogP contribution is -2.36. The van der Waals surface area contributed by atoms with Crippen LogP contribution in [0.3, 0.4) is 0 Å². The molecule has 0 aliphatic heterocycles. The van der Waals surface area contributed by atoms with E-state index < -0.39 is 68.7 Å². The number of carboxylic acids is 1. The molecule has 0 amide bonds. The first kappa shape index (κ1) is 36.9. The topological polar surface area (TPSA) is 154 Å². The lowest BCUT2D eigenvalue weighted by molar-refractivity contribution is -0.139. The van der Waals surface area contributed by atoms with Crippen LogP contribution in [0.5, 0.6) is 0 Å². The molecule has 2 atom stereocenters. The van der Waals surface area contributed by atoms with E-state index in [9.17, 15) is 40.6 Å². The Balaban J connectivity index is 2.05. The summed E-state index contributed by atoms with van der Waals surface area (Å²) in [4.78, 5) is 10.7. The number of aliphatic hydroxyl groups is 2. The molecule has 258 valence electrons. The molecule has 0 bridgehead atoms. The molecular weight excluding hydrogens is 667 g/mol. The summed E-state index contributed by atoms with van der Waals surface area (Å²) in [5.41, 5.74) is 1.47. The van der Waals surface area contributed by atoms with Gasteiger partial charge in [-0.1, -0.05) is 60.0 Å². The molecule has 0 spiro atoms. The molecule has 1 aromatic heterocycles. The predicted molar refractivity (Wildman–Crippen MR) is 177 cm³/mol. The number of aliphatic hydroxyl groups excluding tert-OH is 2. The van der Waals surface area contributed by atoms with Gasteiger partial charge in [0.1, 0.15) is 16.5 Å². The van der Waals surface area contributed by atoms with E-state index in [1.807, 2.05) is 0 Å². The van der Waals surface area contributed by atoms with E-state index >= 15 is 0 Å². The summed E-state index contributed by atoms with van der Waals surface area (Å²) in [6.45, 7) is 2.84. The van der Waals surface area contributed by atoms with Crippen molar-refractivity contribution in [1.29, 1.82) is 0 Å². The summed E-state index contributed by atoms with van der Waals surface area (Å²) in [7, 11) is -9.35. The van der Waals surface area contributed by atoms with Gasteiger partial charge in [-0.3, -0.25) is 4.79 Å². The highest BCUT2D eigenvalue weighted by atomic mass is 32.3. The van der Waals surface area contributed by atoms with Crippen LogP contribution >= 0.6 is 0 Å². The minimum absolute atomic E-state index is 0.0485. The highest BCUT2D eigenvalue weighted by molar-refractivity contribution is 8.03. The quantitative estimate of drug-likeness (QED) is 0.150. The van der Waals surface area contributed by atoms with Crippen molar-refractivity contribution < 1.29 is 45.7 Å². The lowest BCUT2D eigenvalue weighted by Gasteiger charge is -2.23. The van der Waals surface area contributed by atoms with Crippen molar-refractivity contribution in [3.8, 4) is 22.4 Å². The van der Waals surface area contributed by atoms with Crippen LogP contribution in [0.1, 0.15) is 50.3 Å². The number of aromatic nitrogens is 1. The summed E-state index contributed by atoms with van der Waals surface area (Å²) >= 11 is 0. The van der Waals surface area contributed by atoms with Crippen molar-refractivity contribution in [2.45, 2.75) is 69.2 Å². The number of rotatable bonds is 15. The molecule has 0 aliphatic rings. The minimum atomic E-state index is -4.92. The zero-order chi connectivity index (χ0) is 35.4. The van der Waals surface area contributed by atoms with Gasteiger partial charge in [-0.15, -0.1) is 0 Å². The molecule has 3 N–H and O–H groups in total. The highest BCUT2D eigenvalue weighted by Gasteiger charge is 2.41. The Kier molecular flexibility index (Phi) is 11.6. The normalized spacial score (nSPS) is 13.6. The molecule has 0 radical (unpaired) electrons. The molecule has 4 rings (SSSR count). The van der Waals surface area contributed by atoms with Crippen LogP contribution in [0, 0.1) is 11.6 Å². The second kappa shape index (κ2) is 15.1. The van der Waals surface area contributed by atoms with Crippen molar-refractivity contribution in [3.63, 3.8) is 0 Å². The van der Waals surface area contributed by atoms with E-state index in [1.54, 1.807) is 48.7 Å². The zero-order valence-corrected chi connectivity index (χ0v) is 28.3. The summed E-state index contributed by atoms with van der Waals surface area (Å²) in [6, 6.07) is 18.4. The Morgan fingerprint density at radius 2 is 1.38 bits per heavy atom. The van der Waals surface area contributed by atoms with E-state index in [1.165, 1.54) is 36.4 Å². The van der Waals surface area contributed by atoms with Crippen molar-refractivity contribution >= 4 is 26.0 Å². The van der Waals surface area contributed by atoms with E-state index in [4.69, 9.17) is 5.11 Å². The summed E-state index contributed by atoms with van der Waals surface area (Å²) < 4.78 is 86.7. The number of carbonyl (C=O) groups is 1. The van der Waals surface area contributed by atoms with Gasteiger partial charge in [0, 0.05) is 17.8 Å². The van der Waals surface area contributed by atoms with Crippen LogP contribution in [0.2, 0.25) is 0 Å². The molecule has 1 heterocycles. The van der Waals surface area contributed by atoms with Crippen LogP contribution in [0.15, 0.2) is 83.8 Å². The number of benzene rings is 3. The van der Waals surface area contributed by atoms with Gasteiger partial charge >= 0.3 is 5.97 Å². The van der Waals surface area contributed by atoms with E-state index in [2.05, 4.69) is 0 Å². The fourth-order valence-electron chi connectivity index (χ4n) is 5.68. The van der Waals surface area contributed by atoms with E-state index in [0.29, 0.717) is 14.8 Å². The van der Waals surface area contributed by atoms with Gasteiger partial charge in [0.25, 0.3) is 10.0 Å². The van der Waals surface area contributed by atoms with Crippen molar-refractivity contribution in [1.82, 2.24) is 8.28 Å². The third-order valence-corrected chi connectivity index (χ3v) is 11.6. The van der Waals surface area contributed by atoms with Crippen LogP contribution in [-0.2, 0) is 37.9 Å². The fourth-order valence-corrected chi connectivity index (χ4v) is 9.32. The third-order valence-electron chi connectivity index (χ3n) is 7.75. The highest BCUT2D eigenvalue weighted by Crippen LogP contribution is 2.46. The average Bonchev–Trinajstić information content (AvgIpc) is 3.35. The van der Waals surface area contributed by atoms with Gasteiger partial charge in [0.2, 0.25) is 10.0 Å². The van der Waals surface area contributed by atoms with Crippen molar-refractivity contribution in [3.05, 3.63) is 102 Å². The first-order valence-electron chi connectivity index (χ1n) is 15.1. The fraction of sp³-hybridized carbons (Fsp3) is 0.324. The maximum Gasteiger partial charge on any atom is 0.305 e. The van der Waals surface area contributed by atoms with Crippen LogP contribution < -0.4 is 0 Å². The van der Waals surface area contributed by atoms with E-state index in [0.717, 1.165) is 18.4 Å². The predicted octanol–water partition coefficient (Wildman–Crippen LogP) is 5.35. The smallest absolute Gasteiger partial charge is 0.305 e. The Labute approximate surface area is 279 Å². The number of hydrogen-bond acceptors (Lipinski definition) is 7. The van der Waals surface area contributed by atoms with Gasteiger partial charge in [0.05, 0.1) is 37.1 Å². The molecule has 3 aromatic carbocycles. The Bertz CT molecular complexity index is 1950. The molecule has 10 nitrogen and oxygen atoms in total. The summed E-state index contributed by atoms with van der Waals surface area (Å²) in [5, 5.41) is 29.9. The molecular formula is C34H38F2N2O8S2. The molecule has 2 unspecified atom stereocenters. The largest absolute Gasteiger partial charge is 0.481 e. The number of aliphatic carboxylic acids is 1. The third kappa shape index (κ3) is 8.55. The standard InChI is InChI=1S/C34H38F2N2O8S2/c1-22(2)32-34(48(45,46)38(47(3,43)44)21-23-7-5-4-6-8-23)31(24-9-13-26(35)14-10-24)33(25-11-15-27(36)16-12-25)37(32)18-17-28(39)19-29(40)20-30(41)42/h4-16,22,28-29,39-40H,17-21H2,1-3H3,(H,41,42). The Morgan fingerprint density at radius 3 is 1.88 bits per heavy atom. The minimum Gasteiger partial charge on any atom is -0.481 e. The number of nitrogens with zero attached hydrogens (tertiary/aromatic N) is 2. The monoisotopic (exact) mass is 704 g/mol.